The Labute approximate surface area is 157 Å². The van der Waals surface area contributed by atoms with Crippen molar-refractivity contribution in [3.8, 4) is 6.07 Å². The number of carbonyl (C=O) groups excluding carboxylic acids is 2. The predicted octanol–water partition coefficient (Wildman–Crippen LogP) is 2.86. The molecule has 0 bridgehead atoms. The van der Waals surface area contributed by atoms with Crippen molar-refractivity contribution in [2.75, 3.05) is 6.61 Å². The second-order valence-electron chi connectivity index (χ2n) is 6.98. The van der Waals surface area contributed by atoms with Crippen molar-refractivity contribution >= 4 is 11.9 Å². The Morgan fingerprint density at radius 3 is 2.74 bits per heavy atom. The fraction of sp³-hybridized carbons (Fsp3) is 0.450. The molecule has 0 saturated heterocycles. The first-order chi connectivity index (χ1) is 12.9. The third-order valence-corrected chi connectivity index (χ3v) is 5.07. The van der Waals surface area contributed by atoms with Crippen molar-refractivity contribution in [1.82, 2.24) is 9.88 Å². The molecule has 0 radical (unpaired) electrons. The number of carbonyl (C=O) groups is 2. The van der Waals surface area contributed by atoms with Gasteiger partial charge in [-0.2, -0.15) is 5.26 Å². The molecule has 142 valence electrons. The highest BCUT2D eigenvalue weighted by Crippen LogP contribution is 2.28. The van der Waals surface area contributed by atoms with Gasteiger partial charge in [-0.05, 0) is 57.7 Å². The minimum atomic E-state index is -0.817. The van der Waals surface area contributed by atoms with Gasteiger partial charge < -0.3 is 19.0 Å². The molecule has 1 saturated carbocycles. The molecule has 2 aromatic heterocycles. The first-order valence-electron chi connectivity index (χ1n) is 9.02. The maximum Gasteiger partial charge on any atom is 0.340 e. The van der Waals surface area contributed by atoms with Crippen LogP contribution in [0.1, 0.15) is 53.2 Å². The number of furan rings is 1. The third kappa shape index (κ3) is 4.05. The monoisotopic (exact) mass is 369 g/mol. The Balaban J connectivity index is 1.61. The lowest BCUT2D eigenvalue weighted by molar-refractivity contribution is -0.125. The molecular formula is C20H23N3O4. The van der Waals surface area contributed by atoms with Crippen LogP contribution in [0, 0.1) is 25.2 Å². The fourth-order valence-corrected chi connectivity index (χ4v) is 3.56. The number of hydrogen-bond acceptors (Lipinski definition) is 5. The Bertz CT molecular complexity index is 868. The van der Waals surface area contributed by atoms with E-state index in [1.54, 1.807) is 12.3 Å². The normalized spacial score (nSPS) is 15.3. The van der Waals surface area contributed by atoms with E-state index in [9.17, 15) is 14.9 Å². The lowest BCUT2D eigenvalue weighted by atomic mass is 10.00. The van der Waals surface area contributed by atoms with Crippen LogP contribution >= 0.6 is 0 Å². The summed E-state index contributed by atoms with van der Waals surface area (Å²) in [5, 5.41) is 12.0. The van der Waals surface area contributed by atoms with E-state index in [1.807, 2.05) is 30.5 Å². The van der Waals surface area contributed by atoms with Crippen LogP contribution in [0.2, 0.25) is 0 Å². The minimum absolute atomic E-state index is 0.399. The molecule has 2 aromatic rings. The van der Waals surface area contributed by atoms with Crippen LogP contribution in [-0.2, 0) is 16.1 Å². The minimum Gasteiger partial charge on any atom is -0.467 e. The highest BCUT2D eigenvalue weighted by atomic mass is 16.5. The SMILES string of the molecule is Cc1cc(C(=O)OCC(=O)NC2(C#N)CCCC2)c(C)n1Cc1ccco1. The number of nitrogens with one attached hydrogen (secondary N) is 1. The molecule has 0 aromatic carbocycles. The Morgan fingerprint density at radius 1 is 1.37 bits per heavy atom. The molecule has 1 aliphatic carbocycles. The first kappa shape index (κ1) is 18.8. The summed E-state index contributed by atoms with van der Waals surface area (Å²) < 4.78 is 12.5. The molecule has 0 aliphatic heterocycles. The molecule has 27 heavy (non-hydrogen) atoms. The van der Waals surface area contributed by atoms with Gasteiger partial charge in [0.25, 0.3) is 5.91 Å². The molecule has 2 heterocycles. The summed E-state index contributed by atoms with van der Waals surface area (Å²) in [6, 6.07) is 7.61. The van der Waals surface area contributed by atoms with Crippen LogP contribution in [0.3, 0.4) is 0 Å². The summed E-state index contributed by atoms with van der Waals surface area (Å²) in [5.74, 6) is -0.216. The maximum absolute atomic E-state index is 12.4. The van der Waals surface area contributed by atoms with Crippen molar-refractivity contribution in [2.45, 2.75) is 51.6 Å². The molecule has 7 heteroatoms. The van der Waals surface area contributed by atoms with Crippen LogP contribution in [0.25, 0.3) is 0 Å². The van der Waals surface area contributed by atoms with Crippen LogP contribution in [-0.4, -0.2) is 28.6 Å². The third-order valence-electron chi connectivity index (χ3n) is 5.07. The van der Waals surface area contributed by atoms with Crippen molar-refractivity contribution in [3.05, 3.63) is 47.2 Å². The van der Waals surface area contributed by atoms with Gasteiger partial charge in [0.15, 0.2) is 6.61 Å². The largest absolute Gasteiger partial charge is 0.467 e. The van der Waals surface area contributed by atoms with Crippen LogP contribution < -0.4 is 5.32 Å². The molecule has 0 unspecified atom stereocenters. The average Bonchev–Trinajstić information content (AvgIpc) is 3.38. The van der Waals surface area contributed by atoms with Gasteiger partial charge in [0.2, 0.25) is 0 Å². The van der Waals surface area contributed by atoms with Gasteiger partial charge in [0.05, 0.1) is 24.4 Å². The average molecular weight is 369 g/mol. The summed E-state index contributed by atoms with van der Waals surface area (Å²) in [6.45, 7) is 3.85. The van der Waals surface area contributed by atoms with E-state index in [0.29, 0.717) is 24.9 Å². The summed E-state index contributed by atoms with van der Waals surface area (Å²) in [7, 11) is 0. The van der Waals surface area contributed by atoms with Crippen molar-refractivity contribution in [3.63, 3.8) is 0 Å². The van der Waals surface area contributed by atoms with Gasteiger partial charge in [-0.15, -0.1) is 0 Å². The Kier molecular flexibility index (Phi) is 5.36. The molecule has 3 rings (SSSR count). The lowest BCUT2D eigenvalue weighted by Crippen LogP contribution is -2.46. The summed E-state index contributed by atoms with van der Waals surface area (Å²) in [5.41, 5.74) is 1.25. The van der Waals surface area contributed by atoms with Crippen LogP contribution in [0.5, 0.6) is 0 Å². The van der Waals surface area contributed by atoms with Gasteiger partial charge in [-0.1, -0.05) is 0 Å². The van der Waals surface area contributed by atoms with E-state index in [1.165, 1.54) is 0 Å². The zero-order valence-corrected chi connectivity index (χ0v) is 15.6. The number of aromatic nitrogens is 1. The van der Waals surface area contributed by atoms with Crippen molar-refractivity contribution < 1.29 is 18.7 Å². The number of nitrogens with zero attached hydrogens (tertiary/aromatic N) is 2. The molecule has 0 spiro atoms. The topological polar surface area (TPSA) is 97.3 Å². The summed E-state index contributed by atoms with van der Waals surface area (Å²) in [4.78, 5) is 24.5. The lowest BCUT2D eigenvalue weighted by Gasteiger charge is -2.21. The highest BCUT2D eigenvalue weighted by Gasteiger charge is 2.35. The molecule has 1 fully saturated rings. The molecule has 1 N–H and O–H groups in total. The second-order valence-corrected chi connectivity index (χ2v) is 6.98. The van der Waals surface area contributed by atoms with E-state index >= 15 is 0 Å². The Hall–Kier alpha value is -3.01. The zero-order valence-electron chi connectivity index (χ0n) is 15.6. The molecule has 1 aliphatic rings. The summed E-state index contributed by atoms with van der Waals surface area (Å²) in [6.07, 6.45) is 4.70. The molecular weight excluding hydrogens is 346 g/mol. The second kappa shape index (κ2) is 7.70. The standard InChI is InChI=1S/C20H23N3O4/c1-14-10-17(15(2)23(14)11-16-6-5-9-26-16)19(25)27-12-18(24)22-20(13-21)7-3-4-8-20/h5-6,9-10H,3-4,7-8,11-12H2,1-2H3,(H,22,24). The van der Waals surface area contributed by atoms with Gasteiger partial charge in [0.1, 0.15) is 11.3 Å². The smallest absolute Gasteiger partial charge is 0.340 e. The number of ether oxygens (including phenoxy) is 1. The Morgan fingerprint density at radius 2 is 2.11 bits per heavy atom. The van der Waals surface area contributed by atoms with E-state index < -0.39 is 24.0 Å². The molecule has 1 amide bonds. The van der Waals surface area contributed by atoms with Crippen LogP contribution in [0.4, 0.5) is 0 Å². The first-order valence-corrected chi connectivity index (χ1v) is 9.02. The zero-order chi connectivity index (χ0) is 19.4. The quantitative estimate of drug-likeness (QED) is 0.790. The van der Waals surface area contributed by atoms with Gasteiger partial charge in [0, 0.05) is 11.4 Å². The molecule has 0 atom stereocenters. The van der Waals surface area contributed by atoms with E-state index in [2.05, 4.69) is 11.4 Å². The fourth-order valence-electron chi connectivity index (χ4n) is 3.56. The van der Waals surface area contributed by atoms with E-state index in [-0.39, 0.29) is 0 Å². The predicted molar refractivity (Wildman–Crippen MR) is 97.0 cm³/mol. The van der Waals surface area contributed by atoms with Gasteiger partial charge >= 0.3 is 5.97 Å². The number of aryl methyl sites for hydroxylation is 1. The van der Waals surface area contributed by atoms with Crippen molar-refractivity contribution in [1.29, 1.82) is 5.26 Å². The number of esters is 1. The van der Waals surface area contributed by atoms with E-state index in [0.717, 1.165) is 30.0 Å². The maximum atomic E-state index is 12.4. The van der Waals surface area contributed by atoms with Crippen LogP contribution in [0.15, 0.2) is 28.9 Å². The molecule has 7 nitrogen and oxygen atoms in total. The highest BCUT2D eigenvalue weighted by molar-refractivity contribution is 5.92. The number of amides is 1. The van der Waals surface area contributed by atoms with Crippen molar-refractivity contribution in [2.24, 2.45) is 0 Å². The number of hydrogen-bond donors (Lipinski definition) is 1. The number of nitriles is 1. The van der Waals surface area contributed by atoms with Gasteiger partial charge in [-0.3, -0.25) is 4.79 Å². The van der Waals surface area contributed by atoms with Gasteiger partial charge in [-0.25, -0.2) is 4.79 Å². The summed E-state index contributed by atoms with van der Waals surface area (Å²) >= 11 is 0. The number of rotatable bonds is 6. The van der Waals surface area contributed by atoms with E-state index in [4.69, 9.17) is 9.15 Å².